The Morgan fingerprint density at radius 1 is 0.926 bits per heavy atom. The number of hydrogen-bond acceptors (Lipinski definition) is 3. The molecule has 0 N–H and O–H groups in total. The maximum Gasteiger partial charge on any atom is 0.338 e. The van der Waals surface area contributed by atoms with Crippen molar-refractivity contribution in [3.05, 3.63) is 90.0 Å². The summed E-state index contributed by atoms with van der Waals surface area (Å²) in [7, 11) is 0. The first-order valence-electron chi connectivity index (χ1n) is 9.03. The summed E-state index contributed by atoms with van der Waals surface area (Å²) in [5.74, 6) is -0.302. The average molecular weight is 356 g/mol. The van der Waals surface area contributed by atoms with Gasteiger partial charge in [-0.1, -0.05) is 60.7 Å². The molecule has 4 heteroatoms. The van der Waals surface area contributed by atoms with Crippen molar-refractivity contribution in [2.75, 3.05) is 6.61 Å². The number of carbonyl (C=O) groups excluding carboxylic acids is 1. The van der Waals surface area contributed by atoms with Gasteiger partial charge in [-0.15, -0.1) is 0 Å². The lowest BCUT2D eigenvalue weighted by Crippen LogP contribution is -2.04. The smallest absolute Gasteiger partial charge is 0.338 e. The lowest BCUT2D eigenvalue weighted by molar-refractivity contribution is 0.0526. The van der Waals surface area contributed by atoms with Gasteiger partial charge in [-0.3, -0.25) is 4.68 Å². The highest BCUT2D eigenvalue weighted by Crippen LogP contribution is 2.28. The van der Waals surface area contributed by atoms with E-state index in [9.17, 15) is 4.79 Å². The van der Waals surface area contributed by atoms with Crippen LogP contribution in [0.25, 0.3) is 22.2 Å². The zero-order valence-corrected chi connectivity index (χ0v) is 15.1. The number of carbonyl (C=O) groups is 1. The van der Waals surface area contributed by atoms with Crippen LogP contribution in [0.4, 0.5) is 0 Å². The number of benzene rings is 3. The Bertz CT molecular complexity index is 1070. The van der Waals surface area contributed by atoms with E-state index in [0.717, 1.165) is 22.2 Å². The summed E-state index contributed by atoms with van der Waals surface area (Å²) in [5.41, 5.74) is 4.73. The van der Waals surface area contributed by atoms with Gasteiger partial charge in [-0.2, -0.15) is 5.10 Å². The zero-order chi connectivity index (χ0) is 18.6. The molecule has 0 aliphatic rings. The van der Waals surface area contributed by atoms with Crippen LogP contribution in [-0.2, 0) is 11.3 Å². The van der Waals surface area contributed by atoms with E-state index in [1.165, 1.54) is 5.56 Å². The van der Waals surface area contributed by atoms with Crippen LogP contribution >= 0.6 is 0 Å². The minimum absolute atomic E-state index is 0.302. The number of ether oxygens (including phenoxy) is 1. The molecule has 4 nitrogen and oxygen atoms in total. The van der Waals surface area contributed by atoms with Gasteiger partial charge in [-0.25, -0.2) is 4.79 Å². The molecule has 0 bridgehead atoms. The van der Waals surface area contributed by atoms with E-state index in [0.29, 0.717) is 18.7 Å². The van der Waals surface area contributed by atoms with Gasteiger partial charge in [0.25, 0.3) is 0 Å². The standard InChI is InChI=1S/C23H20N2O2/c1-2-27-23(26)19-14-12-18(13-15-19)22-20-10-6-7-11-21(20)25(24-22)16-17-8-4-3-5-9-17/h3-15H,2,16H2,1H3. The number of hydrogen-bond donors (Lipinski definition) is 0. The van der Waals surface area contributed by atoms with Gasteiger partial charge in [0.15, 0.2) is 0 Å². The number of aromatic nitrogens is 2. The van der Waals surface area contributed by atoms with Crippen molar-refractivity contribution in [2.24, 2.45) is 0 Å². The van der Waals surface area contributed by atoms with Gasteiger partial charge < -0.3 is 4.74 Å². The molecule has 0 unspecified atom stereocenters. The fourth-order valence-electron chi connectivity index (χ4n) is 3.20. The van der Waals surface area contributed by atoms with Gasteiger partial charge in [0.2, 0.25) is 0 Å². The second-order valence-electron chi connectivity index (χ2n) is 6.31. The van der Waals surface area contributed by atoms with Crippen molar-refractivity contribution in [3.63, 3.8) is 0 Å². The molecule has 0 aliphatic carbocycles. The van der Waals surface area contributed by atoms with Crippen molar-refractivity contribution in [1.82, 2.24) is 9.78 Å². The second-order valence-corrected chi connectivity index (χ2v) is 6.31. The second kappa shape index (κ2) is 7.46. The van der Waals surface area contributed by atoms with Gasteiger partial charge in [0, 0.05) is 10.9 Å². The van der Waals surface area contributed by atoms with Crippen LogP contribution in [0.5, 0.6) is 0 Å². The summed E-state index contributed by atoms with van der Waals surface area (Å²) in [6, 6.07) is 25.9. The van der Waals surface area contributed by atoms with Gasteiger partial charge in [-0.05, 0) is 30.7 Å². The Balaban J connectivity index is 1.73. The summed E-state index contributed by atoms with van der Waals surface area (Å²) < 4.78 is 7.08. The molecular weight excluding hydrogens is 336 g/mol. The zero-order valence-electron chi connectivity index (χ0n) is 15.1. The molecule has 0 aliphatic heterocycles. The molecule has 0 saturated heterocycles. The summed E-state index contributed by atoms with van der Waals surface area (Å²) in [6.45, 7) is 2.88. The molecule has 1 aromatic heterocycles. The van der Waals surface area contributed by atoms with Crippen LogP contribution in [0.1, 0.15) is 22.8 Å². The van der Waals surface area contributed by atoms with Gasteiger partial charge in [0.1, 0.15) is 5.69 Å². The van der Waals surface area contributed by atoms with E-state index in [1.807, 2.05) is 47.1 Å². The minimum atomic E-state index is -0.302. The molecule has 0 spiro atoms. The molecule has 0 atom stereocenters. The predicted octanol–water partition coefficient (Wildman–Crippen LogP) is 4.93. The maximum atomic E-state index is 11.9. The Morgan fingerprint density at radius 2 is 1.63 bits per heavy atom. The third-order valence-corrected chi connectivity index (χ3v) is 4.50. The minimum Gasteiger partial charge on any atom is -0.462 e. The summed E-state index contributed by atoms with van der Waals surface area (Å²) in [4.78, 5) is 11.9. The molecule has 4 aromatic rings. The van der Waals surface area contributed by atoms with Crippen LogP contribution < -0.4 is 0 Å². The van der Waals surface area contributed by atoms with Crippen molar-refractivity contribution < 1.29 is 9.53 Å². The van der Waals surface area contributed by atoms with Crippen LogP contribution in [0, 0.1) is 0 Å². The van der Waals surface area contributed by atoms with E-state index in [1.54, 1.807) is 19.1 Å². The number of esters is 1. The highest BCUT2D eigenvalue weighted by Gasteiger charge is 2.13. The predicted molar refractivity (Wildman–Crippen MR) is 107 cm³/mol. The Kier molecular flexibility index (Phi) is 4.71. The number of nitrogens with zero attached hydrogens (tertiary/aromatic N) is 2. The van der Waals surface area contributed by atoms with Crippen molar-refractivity contribution >= 4 is 16.9 Å². The first-order valence-corrected chi connectivity index (χ1v) is 9.03. The largest absolute Gasteiger partial charge is 0.462 e. The highest BCUT2D eigenvalue weighted by atomic mass is 16.5. The monoisotopic (exact) mass is 356 g/mol. The van der Waals surface area contributed by atoms with Crippen LogP contribution in [0.3, 0.4) is 0 Å². The molecule has 0 saturated carbocycles. The molecule has 1 heterocycles. The first kappa shape index (κ1) is 17.0. The van der Waals surface area contributed by atoms with Gasteiger partial charge >= 0.3 is 5.97 Å². The fourth-order valence-corrected chi connectivity index (χ4v) is 3.20. The van der Waals surface area contributed by atoms with E-state index >= 15 is 0 Å². The number of fused-ring (bicyclic) bond motifs is 1. The van der Waals surface area contributed by atoms with E-state index in [2.05, 4.69) is 24.3 Å². The molecule has 27 heavy (non-hydrogen) atoms. The first-order chi connectivity index (χ1) is 13.3. The molecule has 134 valence electrons. The third kappa shape index (κ3) is 3.47. The van der Waals surface area contributed by atoms with E-state index in [-0.39, 0.29) is 5.97 Å². The van der Waals surface area contributed by atoms with E-state index in [4.69, 9.17) is 9.84 Å². The Labute approximate surface area is 158 Å². The van der Waals surface area contributed by atoms with Crippen molar-refractivity contribution in [2.45, 2.75) is 13.5 Å². The molecule has 0 amide bonds. The molecular formula is C23H20N2O2. The molecule has 0 fully saturated rings. The number of rotatable bonds is 5. The normalized spacial score (nSPS) is 10.9. The average Bonchev–Trinajstić information content (AvgIpc) is 3.08. The van der Waals surface area contributed by atoms with Crippen molar-refractivity contribution in [1.29, 1.82) is 0 Å². The molecule has 3 aromatic carbocycles. The summed E-state index contributed by atoms with van der Waals surface area (Å²) in [6.07, 6.45) is 0. The van der Waals surface area contributed by atoms with Crippen LogP contribution in [0.15, 0.2) is 78.9 Å². The fraction of sp³-hybridized carbons (Fsp3) is 0.130. The van der Waals surface area contributed by atoms with Crippen molar-refractivity contribution in [3.8, 4) is 11.3 Å². The topological polar surface area (TPSA) is 44.1 Å². The Hall–Kier alpha value is -3.40. The maximum absolute atomic E-state index is 11.9. The van der Waals surface area contributed by atoms with Crippen LogP contribution in [-0.4, -0.2) is 22.4 Å². The third-order valence-electron chi connectivity index (χ3n) is 4.50. The highest BCUT2D eigenvalue weighted by molar-refractivity contribution is 5.94. The quantitative estimate of drug-likeness (QED) is 0.476. The van der Waals surface area contributed by atoms with E-state index < -0.39 is 0 Å². The number of para-hydroxylation sites is 1. The summed E-state index contributed by atoms with van der Waals surface area (Å²) in [5, 5.41) is 5.96. The molecule has 0 radical (unpaired) electrons. The Morgan fingerprint density at radius 3 is 2.37 bits per heavy atom. The summed E-state index contributed by atoms with van der Waals surface area (Å²) >= 11 is 0. The van der Waals surface area contributed by atoms with Crippen LogP contribution in [0.2, 0.25) is 0 Å². The lowest BCUT2D eigenvalue weighted by Gasteiger charge is -2.04. The SMILES string of the molecule is CCOC(=O)c1ccc(-c2nn(Cc3ccccc3)c3ccccc23)cc1. The van der Waals surface area contributed by atoms with Gasteiger partial charge in [0.05, 0.1) is 24.2 Å². The molecule has 4 rings (SSSR count). The lowest BCUT2D eigenvalue weighted by atomic mass is 10.1.